The van der Waals surface area contributed by atoms with Crippen LogP contribution in [0, 0.1) is 16.7 Å². The number of aliphatic hydroxyl groups is 2. The first-order valence-electron chi connectivity index (χ1n) is 12.8. The van der Waals surface area contributed by atoms with Gasteiger partial charge < -0.3 is 25.0 Å². The second-order valence-corrected chi connectivity index (χ2v) is 12.2. The maximum Gasteiger partial charge on any atom is 0.187 e. The van der Waals surface area contributed by atoms with Gasteiger partial charge in [0, 0.05) is 22.1 Å². The first-order valence-corrected chi connectivity index (χ1v) is 12.8. The molecule has 7 atom stereocenters. The third kappa shape index (κ3) is 2.70. The Hall–Kier alpha value is -2.06. The molecule has 5 aliphatic rings. The van der Waals surface area contributed by atoms with E-state index >= 15 is 0 Å². The van der Waals surface area contributed by atoms with Crippen LogP contribution >= 0.6 is 0 Å². The zero-order valence-corrected chi connectivity index (χ0v) is 20.9. The Morgan fingerprint density at radius 3 is 2.60 bits per heavy atom. The van der Waals surface area contributed by atoms with Gasteiger partial charge in [0.05, 0.1) is 17.3 Å². The van der Waals surface area contributed by atoms with E-state index < -0.39 is 39.8 Å². The van der Waals surface area contributed by atoms with Crippen molar-refractivity contribution in [3.05, 3.63) is 41.5 Å². The second-order valence-electron chi connectivity index (χ2n) is 12.2. The predicted molar refractivity (Wildman–Crippen MR) is 128 cm³/mol. The highest BCUT2D eigenvalue weighted by Crippen LogP contribution is 2.72. The second kappa shape index (κ2) is 7.03. The fourth-order valence-electron chi connectivity index (χ4n) is 8.19. The number of carbonyl (C=O) groups is 2. The normalized spacial score (nSPS) is 44.6. The lowest BCUT2D eigenvalue weighted by molar-refractivity contribution is -0.211. The molecule has 6 rings (SSSR count). The number of carbonyl (C=O) groups excluding carboxylic acids is 2. The van der Waals surface area contributed by atoms with Crippen LogP contribution in [0.25, 0.3) is 0 Å². The molecule has 7 nitrogen and oxygen atoms in total. The first kappa shape index (κ1) is 23.3. The highest BCUT2D eigenvalue weighted by atomic mass is 16.5. The van der Waals surface area contributed by atoms with E-state index in [1.54, 1.807) is 13.8 Å². The van der Waals surface area contributed by atoms with Crippen LogP contribution in [0.1, 0.15) is 65.4 Å². The number of hydrogen-bond donors (Lipinski definition) is 3. The van der Waals surface area contributed by atoms with Crippen molar-refractivity contribution in [1.82, 2.24) is 0 Å². The fourth-order valence-corrected chi connectivity index (χ4v) is 8.19. The topological polar surface area (TPSA) is 105 Å². The number of para-hydroxylation sites is 1. The standard InChI is InChI=1S/C28H35NO6/c1-24(2,32)22-20(30)13-18-21(35-22)10-11-25(3)26(4)16(9-12-28(18,25)33)14-27(23(26)31)17-7-5-6-8-19(17)29-15-34-27/h5-8,13,16,21-22,29,32-33H,9-12,14-15H2,1-4H3. The minimum atomic E-state index is -1.35. The van der Waals surface area contributed by atoms with E-state index in [1.807, 2.05) is 38.1 Å². The fraction of sp³-hybridized carbons (Fsp3) is 0.643. The Kier molecular flexibility index (Phi) is 4.69. The smallest absolute Gasteiger partial charge is 0.187 e. The third-order valence-electron chi connectivity index (χ3n) is 10.3. The van der Waals surface area contributed by atoms with Crippen molar-refractivity contribution in [1.29, 1.82) is 0 Å². The Morgan fingerprint density at radius 2 is 1.86 bits per heavy atom. The Bertz CT molecular complexity index is 1150. The number of hydrogen-bond acceptors (Lipinski definition) is 7. The Balaban J connectivity index is 1.45. The van der Waals surface area contributed by atoms with Gasteiger partial charge in [-0.15, -0.1) is 0 Å². The summed E-state index contributed by atoms with van der Waals surface area (Å²) in [5, 5.41) is 26.1. The van der Waals surface area contributed by atoms with Gasteiger partial charge in [0.1, 0.15) is 12.8 Å². The molecule has 0 saturated heterocycles. The maximum absolute atomic E-state index is 14.6. The summed E-state index contributed by atoms with van der Waals surface area (Å²) in [5.74, 6) is -0.257. The van der Waals surface area contributed by atoms with E-state index in [0.29, 0.717) is 37.7 Å². The number of ketones is 2. The van der Waals surface area contributed by atoms with Crippen LogP contribution in [0.3, 0.4) is 0 Å². The van der Waals surface area contributed by atoms with Crippen molar-refractivity contribution in [3.63, 3.8) is 0 Å². The van der Waals surface area contributed by atoms with Crippen molar-refractivity contribution < 1.29 is 29.3 Å². The molecule has 3 fully saturated rings. The molecule has 0 bridgehead atoms. The van der Waals surface area contributed by atoms with Gasteiger partial charge in [0.15, 0.2) is 17.2 Å². The summed E-state index contributed by atoms with van der Waals surface area (Å²) in [5.41, 5.74) is -2.98. The number of rotatable bonds is 1. The van der Waals surface area contributed by atoms with E-state index in [1.165, 1.54) is 6.08 Å². The van der Waals surface area contributed by atoms with Crippen LogP contribution < -0.4 is 5.32 Å². The molecular weight excluding hydrogens is 446 g/mol. The summed E-state index contributed by atoms with van der Waals surface area (Å²) in [6, 6.07) is 7.84. The molecule has 2 heterocycles. The molecule has 2 aliphatic heterocycles. The van der Waals surface area contributed by atoms with Crippen molar-refractivity contribution in [2.24, 2.45) is 16.7 Å². The van der Waals surface area contributed by atoms with Gasteiger partial charge in [-0.25, -0.2) is 0 Å². The number of ether oxygens (including phenoxy) is 2. The predicted octanol–water partition coefficient (Wildman–Crippen LogP) is 3.24. The largest absolute Gasteiger partial charge is 0.387 e. The van der Waals surface area contributed by atoms with E-state index in [0.717, 1.165) is 11.3 Å². The number of Topliss-reactive ketones (excluding diaryl/α,β-unsaturated/α-hetero) is 1. The summed E-state index contributed by atoms with van der Waals surface area (Å²) in [7, 11) is 0. The monoisotopic (exact) mass is 481 g/mol. The van der Waals surface area contributed by atoms with Gasteiger partial charge in [0.2, 0.25) is 0 Å². The zero-order chi connectivity index (χ0) is 25.0. The molecule has 188 valence electrons. The molecule has 1 spiro atoms. The van der Waals surface area contributed by atoms with Crippen molar-refractivity contribution in [2.45, 2.75) is 88.8 Å². The average Bonchev–Trinajstić information content (AvgIpc) is 3.03. The maximum atomic E-state index is 14.6. The van der Waals surface area contributed by atoms with Crippen molar-refractivity contribution in [3.8, 4) is 0 Å². The number of anilines is 1. The lowest BCUT2D eigenvalue weighted by atomic mass is 9.42. The van der Waals surface area contributed by atoms with Gasteiger partial charge in [-0.1, -0.05) is 32.0 Å². The molecular formula is C28H35NO6. The molecule has 1 aromatic carbocycles. The van der Waals surface area contributed by atoms with Crippen molar-refractivity contribution in [2.75, 3.05) is 12.0 Å². The SMILES string of the molecule is CC(C)(O)C1OC2CCC3(C)C(O)(CCC4CC5(OCNc6ccccc65)C(=O)C43C)C2=CC1=O. The van der Waals surface area contributed by atoms with Crippen LogP contribution in [-0.4, -0.2) is 51.9 Å². The summed E-state index contributed by atoms with van der Waals surface area (Å²) < 4.78 is 12.4. The highest BCUT2D eigenvalue weighted by Gasteiger charge is 2.76. The lowest BCUT2D eigenvalue weighted by Gasteiger charge is -2.64. The van der Waals surface area contributed by atoms with Crippen molar-refractivity contribution >= 4 is 17.3 Å². The molecule has 1 aromatic rings. The summed E-state index contributed by atoms with van der Waals surface area (Å²) in [6.07, 6.45) is 2.94. The molecule has 0 aromatic heterocycles. The van der Waals surface area contributed by atoms with Crippen LogP contribution in [0.5, 0.6) is 0 Å². The van der Waals surface area contributed by atoms with Crippen LogP contribution in [0.2, 0.25) is 0 Å². The number of benzene rings is 1. The van der Waals surface area contributed by atoms with E-state index in [-0.39, 0.29) is 24.2 Å². The quantitative estimate of drug-likeness (QED) is 0.566. The zero-order valence-electron chi connectivity index (χ0n) is 20.9. The van der Waals surface area contributed by atoms with Gasteiger partial charge in [-0.05, 0) is 69.6 Å². The minimum Gasteiger partial charge on any atom is -0.387 e. The third-order valence-corrected chi connectivity index (χ3v) is 10.3. The summed E-state index contributed by atoms with van der Waals surface area (Å²) >= 11 is 0. The van der Waals surface area contributed by atoms with Crippen LogP contribution in [-0.2, 0) is 24.7 Å². The van der Waals surface area contributed by atoms with Crippen LogP contribution in [0.15, 0.2) is 35.9 Å². The molecule has 7 heteroatoms. The van der Waals surface area contributed by atoms with E-state index in [9.17, 15) is 19.8 Å². The average molecular weight is 482 g/mol. The molecule has 7 unspecified atom stereocenters. The van der Waals surface area contributed by atoms with E-state index in [4.69, 9.17) is 9.47 Å². The minimum absolute atomic E-state index is 0.0287. The first-order chi connectivity index (χ1) is 16.4. The van der Waals surface area contributed by atoms with E-state index in [2.05, 4.69) is 5.32 Å². The molecule has 0 amide bonds. The van der Waals surface area contributed by atoms with Gasteiger partial charge in [0.25, 0.3) is 0 Å². The molecule has 0 radical (unpaired) electrons. The molecule has 3 saturated carbocycles. The van der Waals surface area contributed by atoms with Gasteiger partial charge in [-0.2, -0.15) is 0 Å². The molecule has 3 aliphatic carbocycles. The Morgan fingerprint density at radius 1 is 1.11 bits per heavy atom. The van der Waals surface area contributed by atoms with Crippen LogP contribution in [0.4, 0.5) is 5.69 Å². The molecule has 35 heavy (non-hydrogen) atoms. The highest BCUT2D eigenvalue weighted by molar-refractivity contribution is 5.99. The number of fused-ring (bicyclic) bond motifs is 7. The summed E-state index contributed by atoms with van der Waals surface area (Å²) in [6.45, 7) is 7.43. The summed E-state index contributed by atoms with van der Waals surface area (Å²) in [4.78, 5) is 27.6. The molecule has 3 N–H and O–H groups in total. The lowest BCUT2D eigenvalue weighted by Crippen LogP contribution is -2.68. The Labute approximate surface area is 205 Å². The van der Waals surface area contributed by atoms with Gasteiger partial charge >= 0.3 is 0 Å². The van der Waals surface area contributed by atoms with Gasteiger partial charge in [-0.3, -0.25) is 9.59 Å². The number of nitrogens with one attached hydrogen (secondary N) is 1.